The number of ether oxygens (including phenoxy) is 2. The number of halogens is 1. The SMILES string of the molecule is COc1ccccc1/C=C1/Oc2ccc(C(=O)NCc3cccc(F)c3)cc2NC1=O. The molecule has 0 fully saturated rings. The van der Waals surface area contributed by atoms with Crippen LogP contribution in [-0.2, 0) is 11.3 Å². The van der Waals surface area contributed by atoms with Crippen molar-refractivity contribution in [3.8, 4) is 11.5 Å². The Hall–Kier alpha value is -4.13. The Morgan fingerprint density at radius 2 is 1.97 bits per heavy atom. The van der Waals surface area contributed by atoms with E-state index < -0.39 is 5.91 Å². The van der Waals surface area contributed by atoms with E-state index in [0.29, 0.717) is 33.9 Å². The van der Waals surface area contributed by atoms with Gasteiger partial charge in [0.05, 0.1) is 12.8 Å². The van der Waals surface area contributed by atoms with Gasteiger partial charge in [0, 0.05) is 17.7 Å². The lowest BCUT2D eigenvalue weighted by Gasteiger charge is -2.20. The van der Waals surface area contributed by atoms with Gasteiger partial charge in [-0.1, -0.05) is 30.3 Å². The highest BCUT2D eigenvalue weighted by Crippen LogP contribution is 2.33. The van der Waals surface area contributed by atoms with E-state index in [9.17, 15) is 14.0 Å². The molecule has 1 heterocycles. The van der Waals surface area contributed by atoms with Crippen molar-refractivity contribution >= 4 is 23.6 Å². The summed E-state index contributed by atoms with van der Waals surface area (Å²) in [5.74, 6) is -0.00461. The number of benzene rings is 3. The van der Waals surface area contributed by atoms with Crippen LogP contribution in [-0.4, -0.2) is 18.9 Å². The molecule has 2 amide bonds. The molecule has 0 radical (unpaired) electrons. The second-order valence-corrected chi connectivity index (χ2v) is 6.83. The second kappa shape index (κ2) is 8.71. The third-order valence-corrected chi connectivity index (χ3v) is 4.70. The highest BCUT2D eigenvalue weighted by molar-refractivity contribution is 6.09. The molecule has 4 rings (SSSR count). The van der Waals surface area contributed by atoms with Gasteiger partial charge in [-0.05, 0) is 48.0 Å². The van der Waals surface area contributed by atoms with Crippen LogP contribution >= 0.6 is 0 Å². The number of nitrogens with one attached hydrogen (secondary N) is 2. The van der Waals surface area contributed by atoms with Crippen molar-refractivity contribution in [3.05, 3.63) is 95.0 Å². The molecule has 6 nitrogen and oxygen atoms in total. The van der Waals surface area contributed by atoms with Crippen molar-refractivity contribution in [2.75, 3.05) is 12.4 Å². The Bertz CT molecular complexity index is 1190. The molecule has 0 unspecified atom stereocenters. The first-order chi connectivity index (χ1) is 15.0. The van der Waals surface area contributed by atoms with Crippen LogP contribution in [0.2, 0.25) is 0 Å². The maximum absolute atomic E-state index is 13.3. The number of hydrogen-bond donors (Lipinski definition) is 2. The van der Waals surface area contributed by atoms with Gasteiger partial charge in [-0.3, -0.25) is 9.59 Å². The Kier molecular flexibility index (Phi) is 5.66. The Morgan fingerprint density at radius 1 is 1.13 bits per heavy atom. The molecular formula is C24H19FN2O4. The molecule has 156 valence electrons. The zero-order chi connectivity index (χ0) is 21.8. The summed E-state index contributed by atoms with van der Waals surface area (Å²) in [4.78, 5) is 25.0. The normalized spacial score (nSPS) is 13.7. The average Bonchev–Trinajstić information content (AvgIpc) is 2.78. The van der Waals surface area contributed by atoms with Crippen LogP contribution in [0.25, 0.3) is 6.08 Å². The average molecular weight is 418 g/mol. The summed E-state index contributed by atoms with van der Waals surface area (Å²) in [7, 11) is 1.55. The monoisotopic (exact) mass is 418 g/mol. The minimum atomic E-state index is -0.435. The molecule has 0 aromatic heterocycles. The van der Waals surface area contributed by atoms with Crippen LogP contribution < -0.4 is 20.1 Å². The zero-order valence-corrected chi connectivity index (χ0v) is 16.6. The highest BCUT2D eigenvalue weighted by Gasteiger charge is 2.23. The van der Waals surface area contributed by atoms with E-state index in [-0.39, 0.29) is 24.0 Å². The number of hydrogen-bond acceptors (Lipinski definition) is 4. The summed E-state index contributed by atoms with van der Waals surface area (Å²) in [6, 6.07) is 18.0. The molecule has 3 aromatic carbocycles. The maximum Gasteiger partial charge on any atom is 0.291 e. The van der Waals surface area contributed by atoms with Gasteiger partial charge in [-0.15, -0.1) is 0 Å². The number of fused-ring (bicyclic) bond motifs is 1. The van der Waals surface area contributed by atoms with Gasteiger partial charge in [0.1, 0.15) is 11.6 Å². The maximum atomic E-state index is 13.3. The van der Waals surface area contributed by atoms with Gasteiger partial charge in [-0.25, -0.2) is 4.39 Å². The van der Waals surface area contributed by atoms with Crippen LogP contribution in [0.1, 0.15) is 21.5 Å². The molecule has 0 spiro atoms. The fraction of sp³-hybridized carbons (Fsp3) is 0.0833. The largest absolute Gasteiger partial charge is 0.496 e. The molecule has 7 heteroatoms. The van der Waals surface area contributed by atoms with Gasteiger partial charge >= 0.3 is 0 Å². The molecule has 0 saturated carbocycles. The van der Waals surface area contributed by atoms with Crippen LogP contribution in [0, 0.1) is 5.82 Å². The Labute approximate surface area is 178 Å². The standard InChI is InChI=1S/C24H19FN2O4/c1-30-20-8-3-2-6-16(20)13-22-24(29)27-19-12-17(9-10-21(19)31-22)23(28)26-14-15-5-4-7-18(25)11-15/h2-13H,14H2,1H3,(H,26,28)(H,27,29)/b22-13+. The molecular weight excluding hydrogens is 399 g/mol. The summed E-state index contributed by atoms with van der Waals surface area (Å²) in [6.07, 6.45) is 1.59. The van der Waals surface area contributed by atoms with Crippen LogP contribution in [0.3, 0.4) is 0 Å². The molecule has 0 atom stereocenters. The predicted octanol–water partition coefficient (Wildman–Crippen LogP) is 4.14. The summed E-state index contributed by atoms with van der Waals surface area (Å²) in [5, 5.41) is 5.47. The van der Waals surface area contributed by atoms with Gasteiger partial charge in [-0.2, -0.15) is 0 Å². The van der Waals surface area contributed by atoms with Gasteiger partial charge in [0.2, 0.25) is 0 Å². The van der Waals surface area contributed by atoms with Crippen molar-refractivity contribution in [2.24, 2.45) is 0 Å². The number of methoxy groups -OCH3 is 1. The molecule has 1 aliphatic heterocycles. The molecule has 0 aliphatic carbocycles. The van der Waals surface area contributed by atoms with E-state index in [0.717, 1.165) is 0 Å². The van der Waals surface area contributed by atoms with Crippen LogP contribution in [0.15, 0.2) is 72.5 Å². The fourth-order valence-corrected chi connectivity index (χ4v) is 3.16. The van der Waals surface area contributed by atoms with E-state index >= 15 is 0 Å². The number of anilines is 1. The van der Waals surface area contributed by atoms with Gasteiger partial charge in [0.15, 0.2) is 11.5 Å². The molecule has 0 saturated heterocycles. The van der Waals surface area contributed by atoms with E-state index in [1.54, 1.807) is 43.5 Å². The summed E-state index contributed by atoms with van der Waals surface area (Å²) < 4.78 is 24.3. The fourth-order valence-electron chi connectivity index (χ4n) is 3.16. The van der Waals surface area contributed by atoms with Gasteiger partial charge in [0.25, 0.3) is 11.8 Å². The van der Waals surface area contributed by atoms with Crippen molar-refractivity contribution in [1.29, 1.82) is 0 Å². The Morgan fingerprint density at radius 3 is 2.77 bits per heavy atom. The van der Waals surface area contributed by atoms with Crippen molar-refractivity contribution < 1.29 is 23.5 Å². The summed E-state index contributed by atoms with van der Waals surface area (Å²) in [5.41, 5.74) is 2.08. The molecule has 2 N–H and O–H groups in total. The van der Waals surface area contributed by atoms with Crippen LogP contribution in [0.5, 0.6) is 11.5 Å². The third-order valence-electron chi connectivity index (χ3n) is 4.70. The van der Waals surface area contributed by atoms with Crippen molar-refractivity contribution in [2.45, 2.75) is 6.54 Å². The first kappa shape index (κ1) is 20.2. The van der Waals surface area contributed by atoms with E-state index in [4.69, 9.17) is 9.47 Å². The number of carbonyl (C=O) groups is 2. The predicted molar refractivity (Wildman–Crippen MR) is 114 cm³/mol. The van der Waals surface area contributed by atoms with E-state index in [1.807, 2.05) is 18.2 Å². The highest BCUT2D eigenvalue weighted by atomic mass is 19.1. The number of carbonyl (C=O) groups excluding carboxylic acids is 2. The molecule has 3 aromatic rings. The lowest BCUT2D eigenvalue weighted by molar-refractivity contribution is -0.115. The van der Waals surface area contributed by atoms with Crippen molar-refractivity contribution in [1.82, 2.24) is 5.32 Å². The number of amides is 2. The lowest BCUT2D eigenvalue weighted by Crippen LogP contribution is -2.25. The van der Waals surface area contributed by atoms with E-state index in [2.05, 4.69) is 10.6 Å². The molecule has 0 bridgehead atoms. The number of rotatable bonds is 5. The third kappa shape index (κ3) is 4.56. The smallest absolute Gasteiger partial charge is 0.291 e. The van der Waals surface area contributed by atoms with Crippen LogP contribution in [0.4, 0.5) is 10.1 Å². The number of para-hydroxylation sites is 1. The topological polar surface area (TPSA) is 76.7 Å². The summed E-state index contributed by atoms with van der Waals surface area (Å²) in [6.45, 7) is 0.183. The van der Waals surface area contributed by atoms with Crippen molar-refractivity contribution in [3.63, 3.8) is 0 Å². The molecule has 31 heavy (non-hydrogen) atoms. The second-order valence-electron chi connectivity index (χ2n) is 6.83. The first-order valence-electron chi connectivity index (χ1n) is 9.54. The summed E-state index contributed by atoms with van der Waals surface area (Å²) >= 11 is 0. The van der Waals surface area contributed by atoms with Gasteiger partial charge < -0.3 is 20.1 Å². The van der Waals surface area contributed by atoms with E-state index in [1.165, 1.54) is 18.2 Å². The minimum absolute atomic E-state index is 0.111. The zero-order valence-electron chi connectivity index (χ0n) is 16.6. The Balaban J connectivity index is 1.50. The first-order valence-corrected chi connectivity index (χ1v) is 9.54. The molecule has 1 aliphatic rings. The lowest BCUT2D eigenvalue weighted by atomic mass is 10.1. The quantitative estimate of drug-likeness (QED) is 0.611. The minimum Gasteiger partial charge on any atom is -0.496 e.